The highest BCUT2D eigenvalue weighted by molar-refractivity contribution is 5.68. The summed E-state index contributed by atoms with van der Waals surface area (Å²) in [5, 5.41) is 9.43. The van der Waals surface area contributed by atoms with Crippen LogP contribution in [0.4, 0.5) is 4.79 Å². The SMILES string of the molecule is N[C@@H]1CN(C(=O)OCc2ccccc2)C[C@@H]1O. The van der Waals surface area contributed by atoms with E-state index in [0.29, 0.717) is 6.54 Å². The Bertz CT molecular complexity index is 373. The maximum Gasteiger partial charge on any atom is 0.410 e. The van der Waals surface area contributed by atoms with Gasteiger partial charge in [-0.25, -0.2) is 4.79 Å². The van der Waals surface area contributed by atoms with Gasteiger partial charge in [-0.05, 0) is 5.56 Å². The number of likely N-dealkylation sites (tertiary alicyclic amines) is 1. The predicted octanol–water partition coefficient (Wildman–Crippen LogP) is 0.327. The molecule has 5 nitrogen and oxygen atoms in total. The Hall–Kier alpha value is -1.59. The molecule has 2 rings (SSSR count). The Morgan fingerprint density at radius 1 is 1.41 bits per heavy atom. The molecule has 0 aromatic heterocycles. The van der Waals surface area contributed by atoms with Crippen LogP contribution < -0.4 is 5.73 Å². The van der Waals surface area contributed by atoms with Gasteiger partial charge in [0, 0.05) is 6.54 Å². The van der Waals surface area contributed by atoms with Crippen molar-refractivity contribution in [1.82, 2.24) is 4.90 Å². The number of β-amino-alcohol motifs (C(OH)–C–C–N with tert-alkyl or cyclic N) is 1. The number of nitrogens with zero attached hydrogens (tertiary/aromatic N) is 1. The summed E-state index contributed by atoms with van der Waals surface area (Å²) in [6, 6.07) is 9.08. The van der Waals surface area contributed by atoms with E-state index in [1.165, 1.54) is 4.90 Å². The van der Waals surface area contributed by atoms with Crippen LogP contribution in [0.1, 0.15) is 5.56 Å². The number of benzene rings is 1. The van der Waals surface area contributed by atoms with Crippen LogP contribution in [0.15, 0.2) is 30.3 Å². The smallest absolute Gasteiger partial charge is 0.410 e. The van der Waals surface area contributed by atoms with E-state index in [0.717, 1.165) is 5.56 Å². The van der Waals surface area contributed by atoms with Crippen molar-refractivity contribution in [3.63, 3.8) is 0 Å². The highest BCUT2D eigenvalue weighted by Crippen LogP contribution is 2.10. The first-order valence-corrected chi connectivity index (χ1v) is 5.56. The zero-order chi connectivity index (χ0) is 12.3. The molecule has 1 aromatic rings. The van der Waals surface area contributed by atoms with Crippen LogP contribution in [0.3, 0.4) is 0 Å². The lowest BCUT2D eigenvalue weighted by Gasteiger charge is -2.15. The number of amides is 1. The number of aliphatic hydroxyl groups excluding tert-OH is 1. The molecule has 1 aliphatic rings. The second-order valence-electron chi connectivity index (χ2n) is 4.18. The molecule has 17 heavy (non-hydrogen) atoms. The largest absolute Gasteiger partial charge is 0.445 e. The van der Waals surface area contributed by atoms with Gasteiger partial charge < -0.3 is 20.5 Å². The molecule has 92 valence electrons. The molecule has 1 fully saturated rings. The molecule has 0 aliphatic carbocycles. The van der Waals surface area contributed by atoms with E-state index in [2.05, 4.69) is 0 Å². The fourth-order valence-corrected chi connectivity index (χ4v) is 1.77. The number of hydrogen-bond donors (Lipinski definition) is 2. The third kappa shape index (κ3) is 2.95. The molecule has 0 saturated carbocycles. The van der Waals surface area contributed by atoms with Gasteiger partial charge in [-0.1, -0.05) is 30.3 Å². The van der Waals surface area contributed by atoms with Gasteiger partial charge in [0.25, 0.3) is 0 Å². The summed E-state index contributed by atoms with van der Waals surface area (Å²) in [5.74, 6) is 0. The van der Waals surface area contributed by atoms with Crippen molar-refractivity contribution in [2.75, 3.05) is 13.1 Å². The fourth-order valence-electron chi connectivity index (χ4n) is 1.77. The topological polar surface area (TPSA) is 75.8 Å². The van der Waals surface area contributed by atoms with Crippen molar-refractivity contribution in [2.24, 2.45) is 5.73 Å². The van der Waals surface area contributed by atoms with Crippen LogP contribution in [-0.4, -0.2) is 41.3 Å². The van der Waals surface area contributed by atoms with E-state index in [9.17, 15) is 9.90 Å². The minimum atomic E-state index is -0.653. The van der Waals surface area contributed by atoms with Crippen molar-refractivity contribution in [3.05, 3.63) is 35.9 Å². The normalized spacial score (nSPS) is 23.8. The van der Waals surface area contributed by atoms with Crippen LogP contribution in [0, 0.1) is 0 Å². The van der Waals surface area contributed by atoms with Gasteiger partial charge in [0.05, 0.1) is 18.7 Å². The number of aliphatic hydroxyl groups is 1. The van der Waals surface area contributed by atoms with E-state index in [4.69, 9.17) is 10.5 Å². The second-order valence-corrected chi connectivity index (χ2v) is 4.18. The summed E-state index contributed by atoms with van der Waals surface area (Å²) < 4.78 is 5.13. The molecule has 1 saturated heterocycles. The standard InChI is InChI=1S/C12H16N2O3/c13-10-6-14(7-11(10)15)12(16)17-8-9-4-2-1-3-5-9/h1-5,10-11,15H,6-8,13H2/t10-,11+/m1/s1. The van der Waals surface area contributed by atoms with Gasteiger partial charge in [-0.15, -0.1) is 0 Å². The number of ether oxygens (including phenoxy) is 1. The lowest BCUT2D eigenvalue weighted by molar-refractivity contribution is 0.0971. The first-order valence-electron chi connectivity index (χ1n) is 5.56. The van der Waals surface area contributed by atoms with Crippen molar-refractivity contribution >= 4 is 6.09 Å². The molecule has 0 unspecified atom stereocenters. The Balaban J connectivity index is 1.82. The van der Waals surface area contributed by atoms with Crippen molar-refractivity contribution in [3.8, 4) is 0 Å². The number of nitrogens with two attached hydrogens (primary N) is 1. The lowest BCUT2D eigenvalue weighted by Crippen LogP contribution is -2.33. The minimum Gasteiger partial charge on any atom is -0.445 e. The van der Waals surface area contributed by atoms with Crippen molar-refractivity contribution in [1.29, 1.82) is 0 Å². The number of carbonyl (C=O) groups excluding carboxylic acids is 1. The lowest BCUT2D eigenvalue weighted by atomic mass is 10.2. The third-order valence-corrected chi connectivity index (χ3v) is 2.80. The van der Waals surface area contributed by atoms with Crippen molar-refractivity contribution < 1.29 is 14.6 Å². The maximum absolute atomic E-state index is 11.6. The molecule has 3 N–H and O–H groups in total. The quantitative estimate of drug-likeness (QED) is 0.775. The number of hydrogen-bond acceptors (Lipinski definition) is 4. The van der Waals surface area contributed by atoms with Gasteiger partial charge in [0.2, 0.25) is 0 Å². The van der Waals surface area contributed by atoms with E-state index < -0.39 is 12.2 Å². The van der Waals surface area contributed by atoms with Crippen LogP contribution in [-0.2, 0) is 11.3 Å². The van der Waals surface area contributed by atoms with Crippen LogP contribution >= 0.6 is 0 Å². The predicted molar refractivity (Wildman–Crippen MR) is 62.2 cm³/mol. The average Bonchev–Trinajstić information content (AvgIpc) is 2.68. The van der Waals surface area contributed by atoms with Gasteiger partial charge >= 0.3 is 6.09 Å². The van der Waals surface area contributed by atoms with E-state index in [1.54, 1.807) is 0 Å². The fraction of sp³-hybridized carbons (Fsp3) is 0.417. The summed E-state index contributed by atoms with van der Waals surface area (Å²) >= 11 is 0. The molecule has 0 spiro atoms. The second kappa shape index (κ2) is 5.16. The van der Waals surface area contributed by atoms with E-state index in [-0.39, 0.29) is 19.2 Å². The maximum atomic E-state index is 11.6. The minimum absolute atomic E-state index is 0.238. The third-order valence-electron chi connectivity index (χ3n) is 2.80. The molecular weight excluding hydrogens is 220 g/mol. The summed E-state index contributed by atoms with van der Waals surface area (Å²) in [4.78, 5) is 13.1. The van der Waals surface area contributed by atoms with Gasteiger partial charge in [0.15, 0.2) is 0 Å². The Morgan fingerprint density at radius 2 is 2.12 bits per heavy atom. The number of carbonyl (C=O) groups is 1. The summed E-state index contributed by atoms with van der Waals surface area (Å²) in [5.41, 5.74) is 6.55. The Kier molecular flexibility index (Phi) is 3.61. The Morgan fingerprint density at radius 3 is 2.71 bits per heavy atom. The van der Waals surface area contributed by atoms with Gasteiger partial charge in [0.1, 0.15) is 6.61 Å². The molecular formula is C12H16N2O3. The molecule has 1 amide bonds. The van der Waals surface area contributed by atoms with Crippen LogP contribution in [0.2, 0.25) is 0 Å². The first-order chi connectivity index (χ1) is 8.16. The summed E-state index contributed by atoms with van der Waals surface area (Å²) in [6.45, 7) is 0.824. The van der Waals surface area contributed by atoms with Crippen LogP contribution in [0.5, 0.6) is 0 Å². The number of rotatable bonds is 2. The molecule has 1 aliphatic heterocycles. The Labute approximate surface area is 99.8 Å². The average molecular weight is 236 g/mol. The first kappa shape index (κ1) is 11.9. The van der Waals surface area contributed by atoms with Gasteiger partial charge in [-0.3, -0.25) is 0 Å². The van der Waals surface area contributed by atoms with Crippen LogP contribution in [0.25, 0.3) is 0 Å². The molecule has 5 heteroatoms. The summed E-state index contributed by atoms with van der Waals surface area (Å²) in [7, 11) is 0. The van der Waals surface area contributed by atoms with E-state index in [1.807, 2.05) is 30.3 Å². The molecule has 1 heterocycles. The molecule has 0 radical (unpaired) electrons. The molecule has 1 aromatic carbocycles. The zero-order valence-electron chi connectivity index (χ0n) is 9.45. The molecule has 0 bridgehead atoms. The highest BCUT2D eigenvalue weighted by atomic mass is 16.6. The summed E-state index contributed by atoms with van der Waals surface area (Å²) in [6.07, 6.45) is -1.08. The van der Waals surface area contributed by atoms with E-state index >= 15 is 0 Å². The zero-order valence-corrected chi connectivity index (χ0v) is 9.45. The van der Waals surface area contributed by atoms with Gasteiger partial charge in [-0.2, -0.15) is 0 Å². The highest BCUT2D eigenvalue weighted by Gasteiger charge is 2.32. The monoisotopic (exact) mass is 236 g/mol. The molecule has 2 atom stereocenters. The van der Waals surface area contributed by atoms with Crippen molar-refractivity contribution in [2.45, 2.75) is 18.8 Å².